The Morgan fingerprint density at radius 3 is 2.70 bits per heavy atom. The average molecular weight is 139 g/mol. The fourth-order valence-corrected chi connectivity index (χ4v) is 1.71. The molecule has 2 bridgehead atoms. The first kappa shape index (κ1) is 5.92. The summed E-state index contributed by atoms with van der Waals surface area (Å²) in [4.78, 5) is 10.5. The van der Waals surface area contributed by atoms with Crippen molar-refractivity contribution in [2.24, 2.45) is 5.92 Å². The molecule has 1 heterocycles. The number of fused-ring (bicyclic) bond motifs is 2. The van der Waals surface area contributed by atoms with Crippen molar-refractivity contribution in [2.75, 3.05) is 0 Å². The maximum absolute atomic E-state index is 10.5. The van der Waals surface area contributed by atoms with Crippen LogP contribution in [-0.4, -0.2) is 23.2 Å². The van der Waals surface area contributed by atoms with Crippen LogP contribution in [0.3, 0.4) is 0 Å². The molecule has 2 N–H and O–H groups in total. The number of hydrogen-bond donors (Lipinski definition) is 2. The Hall–Kier alpha value is -0.830. The molecular weight excluding hydrogens is 130 g/mol. The van der Waals surface area contributed by atoms with Gasteiger partial charge < -0.3 is 5.11 Å². The maximum atomic E-state index is 10.5. The number of nitrogens with one attached hydrogen (secondary N) is 1. The Morgan fingerprint density at radius 1 is 1.60 bits per heavy atom. The van der Waals surface area contributed by atoms with Gasteiger partial charge in [-0.2, -0.15) is 0 Å². The smallest absolute Gasteiger partial charge is 0.321 e. The molecule has 10 heavy (non-hydrogen) atoms. The summed E-state index contributed by atoms with van der Waals surface area (Å²) in [5.41, 5.74) is 0. The highest BCUT2D eigenvalue weighted by atomic mass is 16.4. The van der Waals surface area contributed by atoms with Crippen LogP contribution < -0.4 is 5.32 Å². The minimum Gasteiger partial charge on any atom is -0.480 e. The molecule has 1 aliphatic heterocycles. The molecule has 3 heteroatoms. The fraction of sp³-hybridized carbons (Fsp3) is 0.571. The SMILES string of the molecule is O=C(O)[C@@H]1NC2C=CC1C2. The van der Waals surface area contributed by atoms with Crippen LogP contribution in [0.15, 0.2) is 12.2 Å². The molecule has 54 valence electrons. The van der Waals surface area contributed by atoms with Crippen LogP contribution in [0.25, 0.3) is 0 Å². The van der Waals surface area contributed by atoms with Gasteiger partial charge in [0.1, 0.15) is 6.04 Å². The number of rotatable bonds is 1. The Bertz CT molecular complexity index is 200. The number of aliphatic carboxylic acids is 1. The summed E-state index contributed by atoms with van der Waals surface area (Å²) in [7, 11) is 0. The van der Waals surface area contributed by atoms with Gasteiger partial charge >= 0.3 is 5.97 Å². The zero-order valence-corrected chi connectivity index (χ0v) is 5.45. The number of carboxylic acid groups (broad SMARTS) is 1. The summed E-state index contributed by atoms with van der Waals surface area (Å²) in [6, 6.07) is 0.00102. The van der Waals surface area contributed by atoms with Crippen molar-refractivity contribution in [3.05, 3.63) is 12.2 Å². The predicted octanol–water partition coefficient (Wildman–Crippen LogP) is -0.0125. The van der Waals surface area contributed by atoms with Gasteiger partial charge in [-0.3, -0.25) is 10.1 Å². The van der Waals surface area contributed by atoms with Gasteiger partial charge in [-0.15, -0.1) is 0 Å². The van der Waals surface area contributed by atoms with E-state index in [4.69, 9.17) is 5.11 Å². The molecule has 0 aromatic rings. The molecule has 0 amide bonds. The van der Waals surface area contributed by atoms with Gasteiger partial charge in [0, 0.05) is 12.0 Å². The first-order valence-corrected chi connectivity index (χ1v) is 3.44. The van der Waals surface area contributed by atoms with Gasteiger partial charge in [-0.05, 0) is 6.42 Å². The van der Waals surface area contributed by atoms with Crippen molar-refractivity contribution in [2.45, 2.75) is 18.5 Å². The minimum absolute atomic E-state index is 0.238. The minimum atomic E-state index is -0.725. The topological polar surface area (TPSA) is 49.3 Å². The highest BCUT2D eigenvalue weighted by Crippen LogP contribution is 2.28. The van der Waals surface area contributed by atoms with E-state index in [1.54, 1.807) is 0 Å². The lowest BCUT2D eigenvalue weighted by molar-refractivity contribution is -0.139. The molecule has 2 unspecified atom stereocenters. The summed E-state index contributed by atoms with van der Waals surface area (Å²) in [5, 5.41) is 11.6. The van der Waals surface area contributed by atoms with Crippen LogP contribution in [0.5, 0.6) is 0 Å². The molecule has 3 atom stereocenters. The number of hydrogen-bond acceptors (Lipinski definition) is 2. The first-order chi connectivity index (χ1) is 4.77. The van der Waals surface area contributed by atoms with E-state index in [9.17, 15) is 4.79 Å². The third-order valence-electron chi connectivity index (χ3n) is 2.20. The molecule has 2 rings (SSSR count). The van der Waals surface area contributed by atoms with E-state index in [-0.39, 0.29) is 12.0 Å². The molecule has 2 aliphatic rings. The third-order valence-corrected chi connectivity index (χ3v) is 2.20. The number of carbonyl (C=O) groups is 1. The lowest BCUT2D eigenvalue weighted by Gasteiger charge is -2.13. The molecule has 1 aliphatic carbocycles. The molecule has 0 radical (unpaired) electrons. The zero-order chi connectivity index (χ0) is 7.14. The molecule has 0 aromatic carbocycles. The highest BCUT2D eigenvalue weighted by Gasteiger charge is 2.39. The van der Waals surface area contributed by atoms with Crippen LogP contribution in [0.2, 0.25) is 0 Å². The fourth-order valence-electron chi connectivity index (χ4n) is 1.71. The third kappa shape index (κ3) is 0.671. The van der Waals surface area contributed by atoms with Crippen molar-refractivity contribution in [3.8, 4) is 0 Å². The Labute approximate surface area is 58.7 Å². The molecule has 0 saturated carbocycles. The van der Waals surface area contributed by atoms with Gasteiger partial charge in [0.05, 0.1) is 0 Å². The van der Waals surface area contributed by atoms with Crippen molar-refractivity contribution in [3.63, 3.8) is 0 Å². The van der Waals surface area contributed by atoms with E-state index in [0.717, 1.165) is 6.42 Å². The number of carboxylic acids is 1. The van der Waals surface area contributed by atoms with Crippen molar-refractivity contribution >= 4 is 5.97 Å². The van der Waals surface area contributed by atoms with Crippen molar-refractivity contribution in [1.82, 2.24) is 5.32 Å². The summed E-state index contributed by atoms with van der Waals surface area (Å²) in [5.74, 6) is -0.487. The normalized spacial score (nSPS) is 42.6. The van der Waals surface area contributed by atoms with Crippen LogP contribution >= 0.6 is 0 Å². The molecule has 1 fully saturated rings. The standard InChI is InChI=1S/C7H9NO2/c9-7(10)6-4-1-2-5(3-4)8-6/h1-2,4-6,8H,3H2,(H,9,10)/t4?,5?,6-/m1/s1. The second-order valence-electron chi connectivity index (χ2n) is 2.87. The summed E-state index contributed by atoms with van der Waals surface area (Å²) in [6.07, 6.45) is 5.01. The first-order valence-electron chi connectivity index (χ1n) is 3.44. The van der Waals surface area contributed by atoms with Crippen LogP contribution in [0.1, 0.15) is 6.42 Å². The Kier molecular flexibility index (Phi) is 1.08. The van der Waals surface area contributed by atoms with Crippen LogP contribution in [-0.2, 0) is 4.79 Å². The van der Waals surface area contributed by atoms with Crippen molar-refractivity contribution in [1.29, 1.82) is 0 Å². The second kappa shape index (κ2) is 1.83. The largest absolute Gasteiger partial charge is 0.480 e. The predicted molar refractivity (Wildman–Crippen MR) is 35.6 cm³/mol. The zero-order valence-electron chi connectivity index (χ0n) is 5.45. The Morgan fingerprint density at radius 2 is 2.40 bits per heavy atom. The molecule has 3 nitrogen and oxygen atoms in total. The van der Waals surface area contributed by atoms with Crippen LogP contribution in [0, 0.1) is 5.92 Å². The molecule has 1 saturated heterocycles. The summed E-state index contributed by atoms with van der Waals surface area (Å²) < 4.78 is 0. The van der Waals surface area contributed by atoms with Crippen LogP contribution in [0.4, 0.5) is 0 Å². The lowest BCUT2D eigenvalue weighted by Crippen LogP contribution is -2.39. The molecule has 0 aromatic heterocycles. The maximum Gasteiger partial charge on any atom is 0.321 e. The molecular formula is C7H9NO2. The van der Waals surface area contributed by atoms with Crippen molar-refractivity contribution < 1.29 is 9.90 Å². The quantitative estimate of drug-likeness (QED) is 0.502. The Balaban J connectivity index is 2.16. The van der Waals surface area contributed by atoms with Gasteiger partial charge in [-0.1, -0.05) is 12.2 Å². The van der Waals surface area contributed by atoms with E-state index in [0.29, 0.717) is 6.04 Å². The second-order valence-corrected chi connectivity index (χ2v) is 2.87. The van der Waals surface area contributed by atoms with E-state index >= 15 is 0 Å². The average Bonchev–Trinajstić information content (AvgIpc) is 2.44. The lowest BCUT2D eigenvalue weighted by atomic mass is 10.0. The van der Waals surface area contributed by atoms with Gasteiger partial charge in [-0.25, -0.2) is 0 Å². The van der Waals surface area contributed by atoms with Gasteiger partial charge in [0.25, 0.3) is 0 Å². The monoisotopic (exact) mass is 139 g/mol. The van der Waals surface area contributed by atoms with Gasteiger partial charge in [0.15, 0.2) is 0 Å². The summed E-state index contributed by atoms with van der Waals surface area (Å²) in [6.45, 7) is 0. The van der Waals surface area contributed by atoms with Gasteiger partial charge in [0.2, 0.25) is 0 Å². The van der Waals surface area contributed by atoms with E-state index in [1.807, 2.05) is 12.2 Å². The molecule has 0 spiro atoms. The summed E-state index contributed by atoms with van der Waals surface area (Å²) >= 11 is 0. The van der Waals surface area contributed by atoms with E-state index < -0.39 is 5.97 Å². The van der Waals surface area contributed by atoms with E-state index in [2.05, 4.69) is 5.32 Å². The highest BCUT2D eigenvalue weighted by molar-refractivity contribution is 5.75. The van der Waals surface area contributed by atoms with E-state index in [1.165, 1.54) is 0 Å².